The van der Waals surface area contributed by atoms with Gasteiger partial charge in [0.25, 0.3) is 5.91 Å². The number of imidazole rings is 1. The van der Waals surface area contributed by atoms with Crippen molar-refractivity contribution in [2.45, 2.75) is 37.4 Å². The first-order valence-corrected chi connectivity index (χ1v) is 12.9. The summed E-state index contributed by atoms with van der Waals surface area (Å²) in [6.07, 6.45) is 6.49. The van der Waals surface area contributed by atoms with Crippen LogP contribution in [-0.4, -0.2) is 54.4 Å². The molecule has 38 heavy (non-hydrogen) atoms. The number of amides is 2. The van der Waals surface area contributed by atoms with Crippen LogP contribution < -0.4 is 9.64 Å². The predicted molar refractivity (Wildman–Crippen MR) is 137 cm³/mol. The molecule has 0 radical (unpaired) electrons. The number of para-hydroxylation sites is 1. The molecule has 0 N–H and O–H groups in total. The van der Waals surface area contributed by atoms with Crippen LogP contribution in [0, 0.1) is 0 Å². The van der Waals surface area contributed by atoms with Crippen molar-refractivity contribution in [2.24, 2.45) is 7.05 Å². The van der Waals surface area contributed by atoms with Crippen molar-refractivity contribution >= 4 is 17.5 Å². The predicted octanol–water partition coefficient (Wildman–Crippen LogP) is 2.87. The molecule has 10 heteroatoms. The van der Waals surface area contributed by atoms with E-state index in [1.807, 2.05) is 71.6 Å². The molecule has 1 spiro atoms. The fourth-order valence-corrected chi connectivity index (χ4v) is 6.27. The third-order valence-corrected chi connectivity index (χ3v) is 7.89. The minimum atomic E-state index is -0.949. The van der Waals surface area contributed by atoms with Crippen LogP contribution in [0.1, 0.15) is 46.2 Å². The average molecular weight is 510 g/mol. The van der Waals surface area contributed by atoms with Gasteiger partial charge in [0.1, 0.15) is 22.6 Å². The van der Waals surface area contributed by atoms with Crippen LogP contribution in [0.5, 0.6) is 5.75 Å². The maximum atomic E-state index is 14.6. The number of hydrogen-bond acceptors (Lipinski definition) is 6. The summed E-state index contributed by atoms with van der Waals surface area (Å²) in [6, 6.07) is 15.2. The first-order chi connectivity index (χ1) is 18.5. The molecule has 10 nitrogen and oxygen atoms in total. The summed E-state index contributed by atoms with van der Waals surface area (Å²) in [4.78, 5) is 36.4. The Morgan fingerprint density at radius 3 is 2.87 bits per heavy atom. The summed E-state index contributed by atoms with van der Waals surface area (Å²) in [5, 5.41) is 8.61. The van der Waals surface area contributed by atoms with Crippen LogP contribution in [0.15, 0.2) is 67.3 Å². The standard InChI is InChI=1S/C28H27N7O3/c1-32-17-23(29-18-32)26(36)34-12-10-28-22-8-2-3-9-24(22)35(27(28)37)16-20-15-33(31-30-20)11-5-13-38-21-7-4-6-19(14-21)25(28)34/h2-4,6-9,14-15,17-18,25H,5,10-13,16H2,1H3/t25-,28+/m0/s1. The minimum absolute atomic E-state index is 0.0317. The number of nitrogens with zero attached hydrogens (tertiary/aromatic N) is 7. The number of hydrogen-bond donors (Lipinski definition) is 0. The van der Waals surface area contributed by atoms with Crippen molar-refractivity contribution in [1.82, 2.24) is 29.4 Å². The lowest BCUT2D eigenvalue weighted by Gasteiger charge is -2.35. The number of benzene rings is 2. The first-order valence-electron chi connectivity index (χ1n) is 12.9. The number of fused-ring (bicyclic) bond motifs is 8. The smallest absolute Gasteiger partial charge is 0.274 e. The van der Waals surface area contributed by atoms with Crippen LogP contribution in [0.2, 0.25) is 0 Å². The molecule has 7 rings (SSSR count). The Labute approximate surface area is 219 Å². The van der Waals surface area contributed by atoms with Gasteiger partial charge in [-0.3, -0.25) is 14.3 Å². The molecule has 2 aromatic carbocycles. The zero-order valence-electron chi connectivity index (χ0n) is 21.0. The van der Waals surface area contributed by atoms with E-state index in [-0.39, 0.29) is 11.8 Å². The highest BCUT2D eigenvalue weighted by Crippen LogP contribution is 2.57. The number of carbonyl (C=O) groups is 2. The van der Waals surface area contributed by atoms with Crippen LogP contribution in [0.25, 0.3) is 0 Å². The minimum Gasteiger partial charge on any atom is -0.494 e. The quantitative estimate of drug-likeness (QED) is 0.391. The summed E-state index contributed by atoms with van der Waals surface area (Å²) in [5.74, 6) is 0.485. The molecule has 0 aliphatic carbocycles. The lowest BCUT2D eigenvalue weighted by molar-refractivity contribution is -0.124. The number of rotatable bonds is 1. The van der Waals surface area contributed by atoms with E-state index in [1.165, 1.54) is 0 Å². The molecular weight excluding hydrogens is 482 g/mol. The summed E-state index contributed by atoms with van der Waals surface area (Å²) in [7, 11) is 1.84. The van der Waals surface area contributed by atoms with E-state index >= 15 is 0 Å². The van der Waals surface area contributed by atoms with Crippen molar-refractivity contribution in [3.05, 3.63) is 89.8 Å². The van der Waals surface area contributed by atoms with Crippen molar-refractivity contribution in [3.63, 3.8) is 0 Å². The van der Waals surface area contributed by atoms with Gasteiger partial charge >= 0.3 is 0 Å². The van der Waals surface area contributed by atoms with Gasteiger partial charge in [0.05, 0.1) is 31.7 Å². The molecule has 3 aliphatic rings. The van der Waals surface area contributed by atoms with E-state index in [0.717, 1.165) is 28.9 Å². The maximum Gasteiger partial charge on any atom is 0.274 e. The zero-order valence-corrected chi connectivity index (χ0v) is 21.0. The Bertz CT molecular complexity index is 1560. The van der Waals surface area contributed by atoms with Gasteiger partial charge in [0.2, 0.25) is 5.91 Å². The lowest BCUT2D eigenvalue weighted by Crippen LogP contribution is -2.45. The topological polar surface area (TPSA) is 98.4 Å². The van der Waals surface area contributed by atoms with Gasteiger partial charge in [-0.2, -0.15) is 0 Å². The molecule has 3 aliphatic heterocycles. The second-order valence-electron chi connectivity index (χ2n) is 10.2. The molecule has 1 saturated heterocycles. The molecule has 4 aromatic rings. The van der Waals surface area contributed by atoms with E-state index < -0.39 is 11.5 Å². The van der Waals surface area contributed by atoms with Gasteiger partial charge in [-0.05, 0) is 35.7 Å². The van der Waals surface area contributed by atoms with E-state index in [2.05, 4.69) is 15.3 Å². The molecule has 192 valence electrons. The molecular formula is C28H27N7O3. The second-order valence-corrected chi connectivity index (χ2v) is 10.2. The Morgan fingerprint density at radius 2 is 2.00 bits per heavy atom. The number of anilines is 1. The van der Waals surface area contributed by atoms with Gasteiger partial charge in [0, 0.05) is 38.4 Å². The van der Waals surface area contributed by atoms with Crippen molar-refractivity contribution in [3.8, 4) is 5.75 Å². The van der Waals surface area contributed by atoms with Gasteiger partial charge in [0.15, 0.2) is 0 Å². The summed E-state index contributed by atoms with van der Waals surface area (Å²) >= 11 is 0. The van der Waals surface area contributed by atoms with Crippen molar-refractivity contribution < 1.29 is 14.3 Å². The molecule has 1 fully saturated rings. The highest BCUT2D eigenvalue weighted by molar-refractivity contribution is 6.09. The molecule has 2 atom stereocenters. The van der Waals surface area contributed by atoms with E-state index in [1.54, 1.807) is 21.8 Å². The summed E-state index contributed by atoms with van der Waals surface area (Å²) in [6.45, 7) is 1.92. The molecule has 0 unspecified atom stereocenters. The fourth-order valence-electron chi connectivity index (χ4n) is 6.27. The summed E-state index contributed by atoms with van der Waals surface area (Å²) < 4.78 is 9.65. The Morgan fingerprint density at radius 1 is 1.11 bits per heavy atom. The lowest BCUT2D eigenvalue weighted by atomic mass is 9.72. The molecule has 2 amide bonds. The van der Waals surface area contributed by atoms with Gasteiger partial charge in [-0.1, -0.05) is 35.5 Å². The second kappa shape index (κ2) is 8.54. The van der Waals surface area contributed by atoms with Gasteiger partial charge in [-0.25, -0.2) is 4.98 Å². The highest BCUT2D eigenvalue weighted by atomic mass is 16.5. The normalized spacial score (nSPS) is 22.3. The van der Waals surface area contributed by atoms with Crippen LogP contribution in [-0.2, 0) is 30.3 Å². The number of carbonyl (C=O) groups excluding carboxylic acids is 2. The van der Waals surface area contributed by atoms with E-state index in [9.17, 15) is 9.59 Å². The fraction of sp³-hybridized carbons (Fsp3) is 0.321. The maximum absolute atomic E-state index is 14.6. The third-order valence-electron chi connectivity index (χ3n) is 7.89. The Kier molecular flexibility index (Phi) is 5.10. The zero-order chi connectivity index (χ0) is 25.9. The Balaban J connectivity index is 1.42. The van der Waals surface area contributed by atoms with Crippen LogP contribution in [0.3, 0.4) is 0 Å². The largest absolute Gasteiger partial charge is 0.494 e. The number of aromatic nitrogens is 5. The third kappa shape index (κ3) is 3.36. The Hall–Kier alpha value is -4.47. The van der Waals surface area contributed by atoms with Gasteiger partial charge < -0.3 is 19.1 Å². The van der Waals surface area contributed by atoms with E-state index in [4.69, 9.17) is 4.74 Å². The van der Waals surface area contributed by atoms with Crippen molar-refractivity contribution in [2.75, 3.05) is 18.1 Å². The first kappa shape index (κ1) is 22.7. The molecule has 2 aromatic heterocycles. The van der Waals surface area contributed by atoms with Gasteiger partial charge in [-0.15, -0.1) is 5.10 Å². The van der Waals surface area contributed by atoms with Crippen LogP contribution >= 0.6 is 0 Å². The number of likely N-dealkylation sites (tertiary alicyclic amines) is 1. The highest BCUT2D eigenvalue weighted by Gasteiger charge is 2.61. The van der Waals surface area contributed by atoms with Crippen LogP contribution in [0.4, 0.5) is 5.69 Å². The molecule has 6 bridgehead atoms. The number of ether oxygens (including phenoxy) is 1. The SMILES string of the molecule is Cn1cnc(C(=O)N2CC[C@]34C(=O)N(Cc5cn(nn5)CCCOc5cccc(c5)[C@H]23)c2ccccc24)c1. The monoisotopic (exact) mass is 509 g/mol. The average Bonchev–Trinajstić information content (AvgIpc) is 3.71. The van der Waals surface area contributed by atoms with E-state index in [0.29, 0.717) is 44.1 Å². The summed E-state index contributed by atoms with van der Waals surface area (Å²) in [5.41, 5.74) is 2.78. The molecule has 5 heterocycles. The molecule has 0 saturated carbocycles. The van der Waals surface area contributed by atoms with Crippen molar-refractivity contribution in [1.29, 1.82) is 0 Å². The number of aryl methyl sites for hydroxylation is 2.